The number of pyridine rings is 1. The number of hydrogen-bond acceptors (Lipinski definition) is 3. The van der Waals surface area contributed by atoms with Gasteiger partial charge in [0.1, 0.15) is 5.82 Å². The van der Waals surface area contributed by atoms with Crippen molar-refractivity contribution in [3.05, 3.63) is 46.0 Å². The Bertz CT molecular complexity index is 802. The van der Waals surface area contributed by atoms with Gasteiger partial charge in [0.25, 0.3) is 5.56 Å². The van der Waals surface area contributed by atoms with Crippen molar-refractivity contribution in [3.63, 3.8) is 0 Å². The number of likely N-dealkylation sites (tertiary alicyclic amines) is 1. The maximum Gasteiger partial charge on any atom is 0.251 e. The first-order valence-electron chi connectivity index (χ1n) is 8.27. The number of nitrogens with one attached hydrogen (secondary N) is 1. The van der Waals surface area contributed by atoms with Crippen LogP contribution in [0.25, 0.3) is 10.9 Å². The SMILES string of the molecule is O=C(CCc1cc2ccc(F)cc2[nH]c1=O)N1CCCC(CO)C1. The molecule has 0 bridgehead atoms. The fraction of sp³-hybridized carbons (Fsp3) is 0.444. The number of hydrogen-bond donors (Lipinski definition) is 2. The molecule has 0 saturated carbocycles. The van der Waals surface area contributed by atoms with Crippen LogP contribution >= 0.6 is 0 Å². The van der Waals surface area contributed by atoms with Crippen LogP contribution in [0.4, 0.5) is 4.39 Å². The second-order valence-corrected chi connectivity index (χ2v) is 6.39. The Morgan fingerprint density at radius 1 is 1.38 bits per heavy atom. The average molecular weight is 332 g/mol. The third-order valence-electron chi connectivity index (χ3n) is 4.62. The van der Waals surface area contributed by atoms with Crippen molar-refractivity contribution in [1.82, 2.24) is 9.88 Å². The van der Waals surface area contributed by atoms with Crippen LogP contribution < -0.4 is 5.56 Å². The van der Waals surface area contributed by atoms with Crippen molar-refractivity contribution in [2.24, 2.45) is 5.92 Å². The van der Waals surface area contributed by atoms with Gasteiger partial charge in [-0.3, -0.25) is 9.59 Å². The zero-order chi connectivity index (χ0) is 17.1. The van der Waals surface area contributed by atoms with E-state index in [1.165, 1.54) is 12.1 Å². The molecule has 24 heavy (non-hydrogen) atoms. The van der Waals surface area contributed by atoms with E-state index in [9.17, 15) is 19.1 Å². The Kier molecular flexibility index (Phi) is 4.94. The lowest BCUT2D eigenvalue weighted by atomic mass is 9.98. The zero-order valence-electron chi connectivity index (χ0n) is 13.4. The molecule has 1 unspecified atom stereocenters. The van der Waals surface area contributed by atoms with E-state index in [1.807, 2.05) is 0 Å². The van der Waals surface area contributed by atoms with Gasteiger partial charge in [0.15, 0.2) is 0 Å². The highest BCUT2D eigenvalue weighted by molar-refractivity contribution is 5.79. The molecular formula is C18H21FN2O3. The molecule has 2 N–H and O–H groups in total. The van der Waals surface area contributed by atoms with Gasteiger partial charge >= 0.3 is 0 Å². The first-order valence-corrected chi connectivity index (χ1v) is 8.27. The topological polar surface area (TPSA) is 73.4 Å². The van der Waals surface area contributed by atoms with Crippen molar-refractivity contribution >= 4 is 16.8 Å². The number of aliphatic hydroxyl groups is 1. The van der Waals surface area contributed by atoms with E-state index in [-0.39, 0.29) is 30.4 Å². The molecule has 1 amide bonds. The molecule has 6 heteroatoms. The molecule has 1 aliphatic heterocycles. The third kappa shape index (κ3) is 3.64. The van der Waals surface area contributed by atoms with E-state index in [4.69, 9.17) is 0 Å². The Morgan fingerprint density at radius 3 is 3.00 bits per heavy atom. The van der Waals surface area contributed by atoms with Gasteiger partial charge in [-0.25, -0.2) is 4.39 Å². The van der Waals surface area contributed by atoms with Crippen LogP contribution in [0, 0.1) is 11.7 Å². The summed E-state index contributed by atoms with van der Waals surface area (Å²) in [6, 6.07) is 5.96. The molecule has 0 radical (unpaired) electrons. The number of aliphatic hydroxyl groups excluding tert-OH is 1. The highest BCUT2D eigenvalue weighted by Crippen LogP contribution is 2.18. The summed E-state index contributed by atoms with van der Waals surface area (Å²) < 4.78 is 13.2. The molecule has 1 aromatic heterocycles. The molecule has 1 saturated heterocycles. The number of rotatable bonds is 4. The lowest BCUT2D eigenvalue weighted by Crippen LogP contribution is -2.41. The number of benzene rings is 1. The summed E-state index contributed by atoms with van der Waals surface area (Å²) in [6.45, 7) is 1.40. The minimum absolute atomic E-state index is 0.00625. The van der Waals surface area contributed by atoms with Crippen LogP contribution in [0.5, 0.6) is 0 Å². The highest BCUT2D eigenvalue weighted by atomic mass is 19.1. The average Bonchev–Trinajstić information content (AvgIpc) is 2.59. The summed E-state index contributed by atoms with van der Waals surface area (Å²) in [4.78, 5) is 28.9. The molecule has 1 aliphatic rings. The standard InChI is InChI=1S/C18H21FN2O3/c19-15-5-3-13-8-14(18(24)20-16(13)9-15)4-6-17(23)21-7-1-2-12(10-21)11-22/h3,5,8-9,12,22H,1-2,4,6-7,10-11H2,(H,20,24). The summed E-state index contributed by atoms with van der Waals surface area (Å²) in [6.07, 6.45) is 2.45. The molecule has 2 aromatic rings. The van der Waals surface area contributed by atoms with Gasteiger partial charge in [0.2, 0.25) is 5.91 Å². The number of carbonyl (C=O) groups is 1. The van der Waals surface area contributed by atoms with E-state index < -0.39 is 5.82 Å². The van der Waals surface area contributed by atoms with E-state index in [2.05, 4.69) is 4.98 Å². The number of halogens is 1. The van der Waals surface area contributed by atoms with E-state index >= 15 is 0 Å². The second kappa shape index (κ2) is 7.13. The Labute approximate surface area is 139 Å². The van der Waals surface area contributed by atoms with Gasteiger partial charge in [0.05, 0.1) is 5.52 Å². The third-order valence-corrected chi connectivity index (χ3v) is 4.62. The smallest absolute Gasteiger partial charge is 0.251 e. The molecule has 5 nitrogen and oxygen atoms in total. The van der Waals surface area contributed by atoms with Crippen LogP contribution in [0.2, 0.25) is 0 Å². The normalized spacial score (nSPS) is 18.1. The number of aromatic amines is 1. The molecule has 1 fully saturated rings. The quantitative estimate of drug-likeness (QED) is 0.897. The van der Waals surface area contributed by atoms with Crippen molar-refractivity contribution in [3.8, 4) is 0 Å². The Hall–Kier alpha value is -2.21. The maximum atomic E-state index is 13.2. The summed E-state index contributed by atoms with van der Waals surface area (Å²) in [7, 11) is 0. The molecule has 2 heterocycles. The minimum Gasteiger partial charge on any atom is -0.396 e. The predicted molar refractivity (Wildman–Crippen MR) is 89.2 cm³/mol. The van der Waals surface area contributed by atoms with Gasteiger partial charge in [-0.1, -0.05) is 0 Å². The summed E-state index contributed by atoms with van der Waals surface area (Å²) in [5, 5.41) is 9.99. The number of carbonyl (C=O) groups excluding carboxylic acids is 1. The predicted octanol–water partition coefficient (Wildman–Crippen LogP) is 1.83. The van der Waals surface area contributed by atoms with Crippen molar-refractivity contribution < 1.29 is 14.3 Å². The summed E-state index contributed by atoms with van der Waals surface area (Å²) >= 11 is 0. The van der Waals surface area contributed by atoms with Gasteiger partial charge in [-0.05, 0) is 54.8 Å². The number of fused-ring (bicyclic) bond motifs is 1. The highest BCUT2D eigenvalue weighted by Gasteiger charge is 2.23. The Balaban J connectivity index is 1.69. The fourth-order valence-corrected chi connectivity index (χ4v) is 3.24. The van der Waals surface area contributed by atoms with E-state index in [0.29, 0.717) is 30.6 Å². The van der Waals surface area contributed by atoms with Crippen LogP contribution in [0.1, 0.15) is 24.8 Å². The summed E-state index contributed by atoms with van der Waals surface area (Å²) in [5.74, 6) is -0.238. The lowest BCUT2D eigenvalue weighted by molar-refractivity contribution is -0.133. The zero-order valence-corrected chi connectivity index (χ0v) is 13.4. The van der Waals surface area contributed by atoms with Gasteiger partial charge in [-0.2, -0.15) is 0 Å². The molecule has 1 aromatic carbocycles. The van der Waals surface area contributed by atoms with Crippen molar-refractivity contribution in [2.45, 2.75) is 25.7 Å². The molecular weight excluding hydrogens is 311 g/mol. The van der Waals surface area contributed by atoms with Crippen molar-refractivity contribution in [2.75, 3.05) is 19.7 Å². The van der Waals surface area contributed by atoms with Crippen LogP contribution in [-0.4, -0.2) is 40.6 Å². The van der Waals surface area contributed by atoms with Gasteiger partial charge in [0, 0.05) is 31.7 Å². The minimum atomic E-state index is -0.399. The van der Waals surface area contributed by atoms with Crippen molar-refractivity contribution in [1.29, 1.82) is 0 Å². The number of piperidine rings is 1. The number of amides is 1. The number of aryl methyl sites for hydroxylation is 1. The molecule has 3 rings (SSSR count). The monoisotopic (exact) mass is 332 g/mol. The number of nitrogens with zero attached hydrogens (tertiary/aromatic N) is 1. The number of aromatic nitrogens is 1. The molecule has 128 valence electrons. The molecule has 1 atom stereocenters. The van der Waals surface area contributed by atoms with E-state index in [0.717, 1.165) is 18.2 Å². The largest absolute Gasteiger partial charge is 0.396 e. The van der Waals surface area contributed by atoms with Crippen LogP contribution in [0.15, 0.2) is 29.1 Å². The Morgan fingerprint density at radius 2 is 2.21 bits per heavy atom. The maximum absolute atomic E-state index is 13.2. The first kappa shape index (κ1) is 16.6. The van der Waals surface area contributed by atoms with Crippen LogP contribution in [0.3, 0.4) is 0 Å². The fourth-order valence-electron chi connectivity index (χ4n) is 3.24. The van der Waals surface area contributed by atoms with Gasteiger partial charge < -0.3 is 15.0 Å². The van der Waals surface area contributed by atoms with Crippen LogP contribution in [-0.2, 0) is 11.2 Å². The van der Waals surface area contributed by atoms with E-state index in [1.54, 1.807) is 17.0 Å². The summed E-state index contributed by atoms with van der Waals surface area (Å²) in [5.41, 5.74) is 0.697. The molecule has 0 aliphatic carbocycles. The lowest BCUT2D eigenvalue weighted by Gasteiger charge is -2.31. The second-order valence-electron chi connectivity index (χ2n) is 6.39. The molecule has 0 spiro atoms. The first-order chi connectivity index (χ1) is 11.6. The van der Waals surface area contributed by atoms with Gasteiger partial charge in [-0.15, -0.1) is 0 Å². The number of H-pyrrole nitrogens is 1.